The van der Waals surface area contributed by atoms with E-state index in [4.69, 9.17) is 4.74 Å². The van der Waals surface area contributed by atoms with Crippen molar-refractivity contribution in [1.82, 2.24) is 20.1 Å². The number of carbonyl (C=O) groups excluding carboxylic acids is 1. The summed E-state index contributed by atoms with van der Waals surface area (Å²) in [5, 5.41) is 24.3. The van der Waals surface area contributed by atoms with Crippen molar-refractivity contribution in [3.05, 3.63) is 16.1 Å². The second-order valence-corrected chi connectivity index (χ2v) is 8.00. The van der Waals surface area contributed by atoms with E-state index in [0.717, 1.165) is 13.1 Å². The van der Waals surface area contributed by atoms with E-state index in [1.165, 1.54) is 16.2 Å². The second-order valence-electron chi connectivity index (χ2n) is 7.14. The normalized spacial score (nSPS) is 16.7. The van der Waals surface area contributed by atoms with Gasteiger partial charge in [-0.05, 0) is 20.3 Å². The van der Waals surface area contributed by atoms with Gasteiger partial charge in [0.25, 0.3) is 0 Å². The Balaban J connectivity index is 1.86. The van der Waals surface area contributed by atoms with E-state index < -0.39 is 23.6 Å². The van der Waals surface area contributed by atoms with Crippen LogP contribution in [0.3, 0.4) is 0 Å². The maximum Gasteiger partial charge on any atom is 0.326 e. The molecule has 27 heavy (non-hydrogen) atoms. The first kappa shape index (κ1) is 21.5. The lowest BCUT2D eigenvalue weighted by Gasteiger charge is -2.28. The fraction of sp³-hybridized carbons (Fsp3) is 0.706. The van der Waals surface area contributed by atoms with Gasteiger partial charge < -0.3 is 25.2 Å². The number of hydrogen-bond donors (Lipinski definition) is 3. The third-order valence-electron chi connectivity index (χ3n) is 4.25. The van der Waals surface area contributed by atoms with E-state index in [1.54, 1.807) is 26.3 Å². The number of urea groups is 1. The molecule has 3 N–H and O–H groups in total. The Morgan fingerprint density at radius 3 is 2.67 bits per heavy atom. The molecule has 1 atom stereocenters. The van der Waals surface area contributed by atoms with Gasteiger partial charge in [0.1, 0.15) is 16.7 Å². The number of carboxylic acid groups (broad SMARTS) is 1. The van der Waals surface area contributed by atoms with Crippen LogP contribution in [0.1, 0.15) is 31.0 Å². The van der Waals surface area contributed by atoms with Crippen LogP contribution in [0.5, 0.6) is 0 Å². The minimum absolute atomic E-state index is 0.230. The van der Waals surface area contributed by atoms with Crippen molar-refractivity contribution in [3.63, 3.8) is 0 Å². The first-order valence-corrected chi connectivity index (χ1v) is 9.76. The zero-order chi connectivity index (χ0) is 20.0. The first-order valence-electron chi connectivity index (χ1n) is 8.88. The number of hydrogen-bond acceptors (Lipinski definition) is 7. The fourth-order valence-electron chi connectivity index (χ4n) is 2.63. The summed E-state index contributed by atoms with van der Waals surface area (Å²) in [5.74, 6) is -1.05. The summed E-state index contributed by atoms with van der Waals surface area (Å²) in [6.45, 7) is 6.96. The van der Waals surface area contributed by atoms with Crippen LogP contribution in [0.2, 0.25) is 0 Å². The van der Waals surface area contributed by atoms with Gasteiger partial charge in [-0.1, -0.05) is 0 Å². The molecule has 1 fully saturated rings. The van der Waals surface area contributed by atoms with Gasteiger partial charge in [0.2, 0.25) is 0 Å². The van der Waals surface area contributed by atoms with E-state index >= 15 is 0 Å². The number of nitrogens with one attached hydrogen (secondary N) is 1. The van der Waals surface area contributed by atoms with E-state index in [-0.39, 0.29) is 6.54 Å². The highest BCUT2D eigenvalue weighted by Gasteiger charge is 2.24. The van der Waals surface area contributed by atoms with Crippen molar-refractivity contribution in [2.24, 2.45) is 0 Å². The quantitative estimate of drug-likeness (QED) is 0.588. The molecule has 2 heterocycles. The molecule has 1 saturated heterocycles. The van der Waals surface area contributed by atoms with Crippen molar-refractivity contribution in [1.29, 1.82) is 0 Å². The number of carboxylic acids is 1. The van der Waals surface area contributed by atoms with Crippen molar-refractivity contribution >= 4 is 23.3 Å². The number of aromatic nitrogens is 1. The number of ether oxygens (including phenoxy) is 1. The summed E-state index contributed by atoms with van der Waals surface area (Å²) in [6, 6.07) is -1.42. The van der Waals surface area contributed by atoms with Gasteiger partial charge in [-0.2, -0.15) is 0 Å². The third-order valence-corrected chi connectivity index (χ3v) is 5.46. The molecule has 0 saturated carbocycles. The Labute approximate surface area is 162 Å². The van der Waals surface area contributed by atoms with Crippen molar-refractivity contribution < 1.29 is 24.5 Å². The Morgan fingerprint density at radius 1 is 1.44 bits per heavy atom. The first-order chi connectivity index (χ1) is 12.7. The summed E-state index contributed by atoms with van der Waals surface area (Å²) in [6.07, 6.45) is 0.328. The fourth-order valence-corrected chi connectivity index (χ4v) is 3.46. The molecule has 10 heteroatoms. The van der Waals surface area contributed by atoms with Gasteiger partial charge in [0.15, 0.2) is 0 Å². The van der Waals surface area contributed by atoms with Crippen LogP contribution >= 0.6 is 11.3 Å². The Kier molecular flexibility index (Phi) is 7.54. The summed E-state index contributed by atoms with van der Waals surface area (Å²) in [4.78, 5) is 31.7. The lowest BCUT2D eigenvalue weighted by Crippen LogP contribution is -2.48. The molecule has 2 amide bonds. The number of carbonyl (C=O) groups is 2. The highest BCUT2D eigenvalue weighted by Crippen LogP contribution is 2.23. The third kappa shape index (κ3) is 6.73. The lowest BCUT2D eigenvalue weighted by atomic mass is 10.1. The molecule has 9 nitrogen and oxygen atoms in total. The van der Waals surface area contributed by atoms with Crippen molar-refractivity contribution in [2.45, 2.75) is 38.5 Å². The van der Waals surface area contributed by atoms with Crippen LogP contribution in [-0.2, 0) is 21.7 Å². The largest absolute Gasteiger partial charge is 0.480 e. The zero-order valence-corrected chi connectivity index (χ0v) is 16.8. The molecule has 0 aromatic carbocycles. The molecule has 1 aromatic rings. The average molecular weight is 401 g/mol. The Morgan fingerprint density at radius 2 is 2.11 bits per heavy atom. The van der Waals surface area contributed by atoms with E-state index in [0.29, 0.717) is 36.9 Å². The topological polar surface area (TPSA) is 115 Å². The van der Waals surface area contributed by atoms with Gasteiger partial charge in [0.05, 0.1) is 25.5 Å². The average Bonchev–Trinajstić information content (AvgIpc) is 3.07. The highest BCUT2D eigenvalue weighted by molar-refractivity contribution is 7.09. The van der Waals surface area contributed by atoms with Gasteiger partial charge in [-0.3, -0.25) is 4.90 Å². The second kappa shape index (κ2) is 9.45. The number of morpholine rings is 1. The molecule has 1 aromatic heterocycles. The summed E-state index contributed by atoms with van der Waals surface area (Å²) in [7, 11) is 1.58. The number of aliphatic hydroxyl groups is 1. The summed E-state index contributed by atoms with van der Waals surface area (Å²) in [5.41, 5.74) is -0.382. The predicted octanol–water partition coefficient (Wildman–Crippen LogP) is 0.687. The molecule has 2 rings (SSSR count). The minimum Gasteiger partial charge on any atom is -0.480 e. The highest BCUT2D eigenvalue weighted by atomic mass is 32.1. The SMILES string of the molecule is CN(Cc1csc(C(C)(C)O)n1)C(=O)N[C@@H](CCN1CCOCC1)C(=O)O. The Hall–Kier alpha value is -1.75. The molecule has 0 spiro atoms. The molecule has 0 bridgehead atoms. The van der Waals surface area contributed by atoms with E-state index in [2.05, 4.69) is 15.2 Å². The van der Waals surface area contributed by atoms with Gasteiger partial charge in [-0.15, -0.1) is 11.3 Å². The van der Waals surface area contributed by atoms with E-state index in [9.17, 15) is 19.8 Å². The van der Waals surface area contributed by atoms with Gasteiger partial charge >= 0.3 is 12.0 Å². The number of thiazole rings is 1. The molecule has 0 unspecified atom stereocenters. The Bertz CT molecular complexity index is 640. The molecule has 152 valence electrons. The maximum absolute atomic E-state index is 12.4. The standard InChI is InChI=1S/C17H28N4O5S/c1-17(2,25)15-18-12(11-27-15)10-20(3)16(24)19-13(14(22)23)4-5-21-6-8-26-9-7-21/h11,13,25H,4-10H2,1-3H3,(H,19,24)(H,22,23)/t13-/m0/s1. The van der Waals surface area contributed by atoms with Crippen LogP contribution in [0.4, 0.5) is 4.79 Å². The predicted molar refractivity (Wildman–Crippen MR) is 101 cm³/mol. The maximum atomic E-state index is 12.4. The zero-order valence-electron chi connectivity index (χ0n) is 16.0. The van der Waals surface area contributed by atoms with Crippen LogP contribution in [0.25, 0.3) is 0 Å². The van der Waals surface area contributed by atoms with Crippen LogP contribution in [0, 0.1) is 0 Å². The molecule has 1 aliphatic heterocycles. The number of rotatable bonds is 8. The monoisotopic (exact) mass is 400 g/mol. The molecular weight excluding hydrogens is 372 g/mol. The molecular formula is C17H28N4O5S. The van der Waals surface area contributed by atoms with Crippen LogP contribution in [0.15, 0.2) is 5.38 Å². The van der Waals surface area contributed by atoms with Crippen LogP contribution in [-0.4, -0.2) is 82.9 Å². The molecule has 0 radical (unpaired) electrons. The number of amides is 2. The molecule has 0 aliphatic carbocycles. The summed E-state index contributed by atoms with van der Waals surface area (Å²) < 4.78 is 5.27. The lowest BCUT2D eigenvalue weighted by molar-refractivity contribution is -0.139. The van der Waals surface area contributed by atoms with Crippen LogP contribution < -0.4 is 5.32 Å². The van der Waals surface area contributed by atoms with Crippen molar-refractivity contribution in [3.8, 4) is 0 Å². The minimum atomic E-state index is -1.05. The van der Waals surface area contributed by atoms with Gasteiger partial charge in [-0.25, -0.2) is 14.6 Å². The molecule has 1 aliphatic rings. The number of aliphatic carboxylic acids is 1. The van der Waals surface area contributed by atoms with Crippen molar-refractivity contribution in [2.75, 3.05) is 39.9 Å². The summed E-state index contributed by atoms with van der Waals surface area (Å²) >= 11 is 1.32. The van der Waals surface area contributed by atoms with Gasteiger partial charge in [0, 0.05) is 32.1 Å². The number of nitrogens with zero attached hydrogens (tertiary/aromatic N) is 3. The smallest absolute Gasteiger partial charge is 0.326 e. The van der Waals surface area contributed by atoms with E-state index in [1.807, 2.05) is 0 Å².